The number of piperidine rings is 1. The van der Waals surface area contributed by atoms with Crippen LogP contribution in [0.2, 0.25) is 5.02 Å². The van der Waals surface area contributed by atoms with Crippen LogP contribution in [0.5, 0.6) is 0 Å². The molecule has 0 aliphatic carbocycles. The first-order valence-electron chi connectivity index (χ1n) is 7.23. The second-order valence-corrected chi connectivity index (χ2v) is 6.23. The molecule has 0 saturated carbocycles. The van der Waals surface area contributed by atoms with E-state index in [1.54, 1.807) is 0 Å². The summed E-state index contributed by atoms with van der Waals surface area (Å²) < 4.78 is 2.12. The van der Waals surface area contributed by atoms with Crippen molar-refractivity contribution in [2.75, 3.05) is 25.9 Å². The number of nitrogen functional groups attached to an aromatic ring is 1. The van der Waals surface area contributed by atoms with E-state index in [1.165, 1.54) is 32.4 Å². The molecule has 108 valence electrons. The van der Waals surface area contributed by atoms with E-state index < -0.39 is 0 Å². The van der Waals surface area contributed by atoms with E-state index in [-0.39, 0.29) is 0 Å². The zero-order chi connectivity index (χ0) is 14.1. The van der Waals surface area contributed by atoms with Crippen molar-refractivity contribution in [3.8, 4) is 0 Å². The summed E-state index contributed by atoms with van der Waals surface area (Å²) in [6.07, 6.45) is 3.75. The summed E-state index contributed by atoms with van der Waals surface area (Å²) in [6, 6.07) is 5.78. The lowest BCUT2D eigenvalue weighted by molar-refractivity contribution is 0.208. The Morgan fingerprint density at radius 3 is 2.85 bits per heavy atom. The first-order valence-corrected chi connectivity index (χ1v) is 7.61. The summed E-state index contributed by atoms with van der Waals surface area (Å²) in [4.78, 5) is 6.80. The van der Waals surface area contributed by atoms with Gasteiger partial charge in [-0.3, -0.25) is 0 Å². The molecule has 0 radical (unpaired) electrons. The zero-order valence-corrected chi connectivity index (χ0v) is 12.6. The van der Waals surface area contributed by atoms with Gasteiger partial charge in [-0.1, -0.05) is 11.6 Å². The Morgan fingerprint density at radius 1 is 1.35 bits per heavy atom. The van der Waals surface area contributed by atoms with Crippen molar-refractivity contribution in [1.29, 1.82) is 0 Å². The summed E-state index contributed by atoms with van der Waals surface area (Å²) in [5.41, 5.74) is 8.01. The summed E-state index contributed by atoms with van der Waals surface area (Å²) in [5.74, 6) is 1.39. The monoisotopic (exact) mass is 292 g/mol. The highest BCUT2D eigenvalue weighted by molar-refractivity contribution is 6.31. The van der Waals surface area contributed by atoms with Crippen molar-refractivity contribution < 1.29 is 0 Å². The lowest BCUT2D eigenvalue weighted by Crippen LogP contribution is -2.30. The van der Waals surface area contributed by atoms with Crippen LogP contribution in [-0.4, -0.2) is 34.6 Å². The van der Waals surface area contributed by atoms with Crippen molar-refractivity contribution >= 4 is 28.6 Å². The van der Waals surface area contributed by atoms with E-state index in [2.05, 4.69) is 21.5 Å². The Labute approximate surface area is 124 Å². The molecule has 2 aromatic rings. The first-order chi connectivity index (χ1) is 9.63. The van der Waals surface area contributed by atoms with Crippen LogP contribution in [0.25, 0.3) is 11.0 Å². The Morgan fingerprint density at radius 2 is 2.10 bits per heavy atom. The molecule has 1 saturated heterocycles. The molecule has 2 heterocycles. The number of likely N-dealkylation sites (tertiary alicyclic amines) is 1. The quantitative estimate of drug-likeness (QED) is 0.946. The molecule has 0 bridgehead atoms. The highest BCUT2D eigenvalue weighted by atomic mass is 35.5. The molecule has 3 rings (SSSR count). The molecule has 1 aliphatic heterocycles. The van der Waals surface area contributed by atoms with Crippen LogP contribution in [0.1, 0.15) is 19.3 Å². The third-order valence-electron chi connectivity index (χ3n) is 4.34. The Bertz CT molecular complexity index is 599. The van der Waals surface area contributed by atoms with Gasteiger partial charge in [-0.2, -0.15) is 0 Å². The molecular weight excluding hydrogens is 272 g/mol. The molecule has 0 unspecified atom stereocenters. The molecule has 1 fully saturated rings. The maximum absolute atomic E-state index is 6.04. The number of imidazole rings is 1. The van der Waals surface area contributed by atoms with Crippen molar-refractivity contribution in [3.63, 3.8) is 0 Å². The predicted molar refractivity (Wildman–Crippen MR) is 84.0 cm³/mol. The molecule has 4 nitrogen and oxygen atoms in total. The molecule has 0 atom stereocenters. The number of aryl methyl sites for hydroxylation is 1. The molecule has 1 aromatic carbocycles. The number of hydrogen-bond acceptors (Lipinski definition) is 3. The van der Waals surface area contributed by atoms with Gasteiger partial charge in [-0.15, -0.1) is 0 Å². The molecule has 5 heteroatoms. The van der Waals surface area contributed by atoms with Gasteiger partial charge in [0.15, 0.2) is 0 Å². The van der Waals surface area contributed by atoms with Crippen LogP contribution in [-0.2, 0) is 6.54 Å². The number of aromatic nitrogens is 2. The Hall–Kier alpha value is -1.26. The van der Waals surface area contributed by atoms with Gasteiger partial charge in [0.1, 0.15) is 0 Å². The topological polar surface area (TPSA) is 47.1 Å². The van der Waals surface area contributed by atoms with Gasteiger partial charge in [0, 0.05) is 11.6 Å². The van der Waals surface area contributed by atoms with E-state index in [0.29, 0.717) is 11.0 Å². The average Bonchev–Trinajstić information content (AvgIpc) is 2.73. The number of halogens is 1. The second-order valence-electron chi connectivity index (χ2n) is 5.79. The van der Waals surface area contributed by atoms with Crippen LogP contribution in [0.4, 0.5) is 5.95 Å². The van der Waals surface area contributed by atoms with E-state index in [1.807, 2.05) is 18.2 Å². The maximum Gasteiger partial charge on any atom is 0.201 e. The fourth-order valence-corrected chi connectivity index (χ4v) is 3.19. The van der Waals surface area contributed by atoms with Gasteiger partial charge in [-0.05, 0) is 63.5 Å². The van der Waals surface area contributed by atoms with Crippen LogP contribution in [0.15, 0.2) is 18.2 Å². The predicted octanol–water partition coefficient (Wildman–Crippen LogP) is 3.00. The fraction of sp³-hybridized carbons (Fsp3) is 0.533. The van der Waals surface area contributed by atoms with Crippen molar-refractivity contribution in [1.82, 2.24) is 14.5 Å². The third-order valence-corrected chi connectivity index (χ3v) is 4.57. The number of rotatable bonds is 3. The average molecular weight is 293 g/mol. The third kappa shape index (κ3) is 2.76. The normalized spacial score (nSPS) is 17.9. The van der Waals surface area contributed by atoms with Gasteiger partial charge in [0.2, 0.25) is 5.95 Å². The van der Waals surface area contributed by atoms with Gasteiger partial charge < -0.3 is 15.2 Å². The number of fused-ring (bicyclic) bond motifs is 1. The minimum Gasteiger partial charge on any atom is -0.369 e. The maximum atomic E-state index is 6.04. The van der Waals surface area contributed by atoms with Crippen LogP contribution in [0.3, 0.4) is 0 Å². The molecule has 1 aliphatic rings. The smallest absolute Gasteiger partial charge is 0.201 e. The second kappa shape index (κ2) is 5.62. The number of anilines is 1. The molecule has 0 amide bonds. The van der Waals surface area contributed by atoms with Crippen LogP contribution < -0.4 is 5.73 Å². The Kier molecular flexibility index (Phi) is 3.85. The minimum atomic E-state index is 0.593. The van der Waals surface area contributed by atoms with Gasteiger partial charge >= 0.3 is 0 Å². The summed E-state index contributed by atoms with van der Waals surface area (Å²) in [7, 11) is 2.20. The van der Waals surface area contributed by atoms with Gasteiger partial charge in [-0.25, -0.2) is 4.98 Å². The Balaban J connectivity index is 1.72. The number of nitrogens with zero attached hydrogens (tertiary/aromatic N) is 3. The lowest BCUT2D eigenvalue weighted by atomic mass is 9.94. The van der Waals surface area contributed by atoms with E-state index >= 15 is 0 Å². The SMILES string of the molecule is CN1CCC(CCn2c(N)nc3cc(Cl)ccc32)CC1. The van der Waals surface area contributed by atoms with Crippen molar-refractivity contribution in [3.05, 3.63) is 23.2 Å². The van der Waals surface area contributed by atoms with E-state index in [4.69, 9.17) is 17.3 Å². The molecule has 1 aromatic heterocycles. The van der Waals surface area contributed by atoms with Gasteiger partial charge in [0.25, 0.3) is 0 Å². The lowest BCUT2D eigenvalue weighted by Gasteiger charge is -2.29. The number of benzene rings is 1. The summed E-state index contributed by atoms with van der Waals surface area (Å²) in [6.45, 7) is 3.36. The van der Waals surface area contributed by atoms with Crippen molar-refractivity contribution in [2.45, 2.75) is 25.8 Å². The zero-order valence-electron chi connectivity index (χ0n) is 11.8. The number of hydrogen-bond donors (Lipinski definition) is 1. The largest absolute Gasteiger partial charge is 0.369 e. The molecule has 2 N–H and O–H groups in total. The van der Waals surface area contributed by atoms with Crippen LogP contribution >= 0.6 is 11.6 Å². The van der Waals surface area contributed by atoms with Gasteiger partial charge in [0.05, 0.1) is 11.0 Å². The van der Waals surface area contributed by atoms with E-state index in [9.17, 15) is 0 Å². The summed E-state index contributed by atoms with van der Waals surface area (Å²) >= 11 is 6.00. The van der Waals surface area contributed by atoms with Crippen LogP contribution in [0, 0.1) is 5.92 Å². The highest BCUT2D eigenvalue weighted by Crippen LogP contribution is 2.25. The number of nitrogens with two attached hydrogens (primary N) is 1. The fourth-order valence-electron chi connectivity index (χ4n) is 3.02. The standard InChI is InChI=1S/C15H21ClN4/c1-19-7-4-11(5-8-19)6-9-20-14-3-2-12(16)10-13(14)18-15(20)17/h2-3,10-11H,4-9H2,1H3,(H2,17,18). The highest BCUT2D eigenvalue weighted by Gasteiger charge is 2.17. The minimum absolute atomic E-state index is 0.593. The summed E-state index contributed by atoms with van der Waals surface area (Å²) in [5, 5.41) is 0.706. The van der Waals surface area contributed by atoms with E-state index in [0.717, 1.165) is 23.5 Å². The van der Waals surface area contributed by atoms with Crippen molar-refractivity contribution in [2.24, 2.45) is 5.92 Å². The molecular formula is C15H21ClN4. The molecule has 0 spiro atoms. The first kappa shape index (κ1) is 13.7. The molecule has 20 heavy (non-hydrogen) atoms.